The molecule has 2 aliphatic carbocycles. The second kappa shape index (κ2) is 11.8. The van der Waals surface area contributed by atoms with E-state index in [1.165, 1.54) is 129 Å². The van der Waals surface area contributed by atoms with Gasteiger partial charge in [0.1, 0.15) is 0 Å². The molecule has 0 radical (unpaired) electrons. The Morgan fingerprint density at radius 1 is 0.550 bits per heavy atom. The largest absolute Gasteiger partial charge is 0.384 e. The van der Waals surface area contributed by atoms with Crippen molar-refractivity contribution in [1.29, 1.82) is 0 Å². The molecule has 0 saturated heterocycles. The van der Waals surface area contributed by atoms with Gasteiger partial charge in [-0.25, -0.2) is 0 Å². The molecule has 4 nitrogen and oxygen atoms in total. The van der Waals surface area contributed by atoms with E-state index in [-0.39, 0.29) is 0 Å². The number of anilines is 2. The number of hydrogen-bond acceptors (Lipinski definition) is 4. The van der Waals surface area contributed by atoms with E-state index in [2.05, 4.69) is 62.6 Å². The highest BCUT2D eigenvalue weighted by Crippen LogP contribution is 2.36. The summed E-state index contributed by atoms with van der Waals surface area (Å²) < 4.78 is 0. The second-order valence-corrected chi connectivity index (χ2v) is 12.5. The summed E-state index contributed by atoms with van der Waals surface area (Å²) in [5.74, 6) is 0. The maximum atomic E-state index is 5.12. The molecule has 40 heavy (non-hydrogen) atoms. The molecule has 4 heteroatoms. The van der Waals surface area contributed by atoms with Crippen molar-refractivity contribution in [1.82, 2.24) is 9.97 Å². The van der Waals surface area contributed by atoms with Gasteiger partial charge >= 0.3 is 0 Å². The van der Waals surface area contributed by atoms with Crippen LogP contribution in [0.3, 0.4) is 0 Å². The third-order valence-corrected chi connectivity index (χ3v) is 9.11. The lowest BCUT2D eigenvalue weighted by molar-refractivity contribution is 0.660. The van der Waals surface area contributed by atoms with Gasteiger partial charge in [-0.2, -0.15) is 0 Å². The fourth-order valence-corrected chi connectivity index (χ4v) is 7.19. The van der Waals surface area contributed by atoms with Crippen molar-refractivity contribution in [2.45, 2.75) is 105 Å². The van der Waals surface area contributed by atoms with E-state index >= 15 is 0 Å². The van der Waals surface area contributed by atoms with E-state index in [9.17, 15) is 0 Å². The van der Waals surface area contributed by atoms with Gasteiger partial charge in [-0.3, -0.25) is 9.97 Å². The molecule has 2 aromatic heterocycles. The Kier molecular flexibility index (Phi) is 7.96. The molecule has 6 rings (SSSR count). The predicted octanol–water partition coefficient (Wildman–Crippen LogP) is 8.86. The van der Waals surface area contributed by atoms with Crippen molar-refractivity contribution in [3.8, 4) is 0 Å². The van der Waals surface area contributed by atoms with Crippen LogP contribution in [-0.2, 0) is 25.7 Å². The van der Waals surface area contributed by atoms with Crippen LogP contribution in [0.4, 0.5) is 11.4 Å². The summed E-state index contributed by atoms with van der Waals surface area (Å²) in [6, 6.07) is 9.22. The van der Waals surface area contributed by atoms with Gasteiger partial charge in [0.15, 0.2) is 0 Å². The Bertz CT molecular complexity index is 1430. The molecule has 4 aromatic rings. The minimum absolute atomic E-state index is 1.03. The van der Waals surface area contributed by atoms with Crippen molar-refractivity contribution < 1.29 is 0 Å². The lowest BCUT2D eigenvalue weighted by Gasteiger charge is -2.23. The molecule has 0 spiro atoms. The number of benzene rings is 2. The minimum atomic E-state index is 1.03. The highest BCUT2D eigenvalue weighted by Gasteiger charge is 2.20. The standard InChI is InChI=1S/C36H46N4/c1-23-19-25(3)33-29(21-23)35(27-13-7-9-15-31(27)39-33)37-17-11-5-6-12-18-38-36-28-14-8-10-16-32(28)40-34-26(4)20-24(2)22-30(34)36/h19-22H,5-18H2,1-4H3,(H,37,39)(H,38,40). The summed E-state index contributed by atoms with van der Waals surface area (Å²) in [5.41, 5.74) is 16.0. The van der Waals surface area contributed by atoms with Crippen molar-refractivity contribution >= 4 is 33.2 Å². The number of hydrogen-bond donors (Lipinski definition) is 2. The highest BCUT2D eigenvalue weighted by molar-refractivity contribution is 5.96. The number of nitrogens with zero attached hydrogens (tertiary/aromatic N) is 2. The van der Waals surface area contributed by atoms with E-state index in [0.29, 0.717) is 0 Å². The monoisotopic (exact) mass is 534 g/mol. The molecular weight excluding hydrogens is 488 g/mol. The zero-order valence-electron chi connectivity index (χ0n) is 25.1. The number of pyridine rings is 2. The fourth-order valence-electron chi connectivity index (χ4n) is 7.19. The first-order chi connectivity index (χ1) is 19.5. The Morgan fingerprint density at radius 2 is 0.975 bits per heavy atom. The molecule has 0 unspecified atom stereocenters. The zero-order valence-corrected chi connectivity index (χ0v) is 25.1. The van der Waals surface area contributed by atoms with Gasteiger partial charge in [-0.1, -0.05) is 36.1 Å². The normalized spacial score (nSPS) is 14.8. The van der Waals surface area contributed by atoms with Gasteiger partial charge in [0, 0.05) is 46.6 Å². The van der Waals surface area contributed by atoms with Gasteiger partial charge in [-0.05, 0) is 126 Å². The first kappa shape index (κ1) is 27.1. The van der Waals surface area contributed by atoms with E-state index in [1.807, 2.05) is 0 Å². The molecule has 2 N–H and O–H groups in total. The van der Waals surface area contributed by atoms with Crippen LogP contribution in [0.1, 0.15) is 96.1 Å². The fraction of sp³-hybridized carbons (Fsp3) is 0.500. The summed E-state index contributed by atoms with van der Waals surface area (Å²) in [6.45, 7) is 10.9. The third-order valence-electron chi connectivity index (χ3n) is 9.11. The lowest BCUT2D eigenvalue weighted by Crippen LogP contribution is -2.13. The van der Waals surface area contributed by atoms with E-state index in [1.54, 1.807) is 0 Å². The van der Waals surface area contributed by atoms with Gasteiger partial charge in [0.05, 0.1) is 11.0 Å². The lowest BCUT2D eigenvalue weighted by atomic mass is 9.91. The first-order valence-electron chi connectivity index (χ1n) is 15.8. The van der Waals surface area contributed by atoms with Gasteiger partial charge in [0.25, 0.3) is 0 Å². The Balaban J connectivity index is 1.07. The molecule has 2 aromatic carbocycles. The molecule has 2 heterocycles. The van der Waals surface area contributed by atoms with Crippen LogP contribution in [0.15, 0.2) is 24.3 Å². The smallest absolute Gasteiger partial charge is 0.0755 e. The maximum Gasteiger partial charge on any atom is 0.0755 e. The Morgan fingerprint density at radius 3 is 1.43 bits per heavy atom. The van der Waals surface area contributed by atoms with Gasteiger partial charge in [0.2, 0.25) is 0 Å². The minimum Gasteiger partial charge on any atom is -0.384 e. The molecule has 0 saturated carbocycles. The SMILES string of the molecule is Cc1cc(C)c2nc3c(c(NCCCCCCNc4c5c(nc6c(C)cc(C)cc46)CCCC5)c2c1)CCCC3. The topological polar surface area (TPSA) is 49.8 Å². The summed E-state index contributed by atoms with van der Waals surface area (Å²) in [4.78, 5) is 10.2. The first-order valence-corrected chi connectivity index (χ1v) is 15.8. The molecule has 0 bridgehead atoms. The number of rotatable bonds is 9. The zero-order chi connectivity index (χ0) is 27.6. The van der Waals surface area contributed by atoms with Crippen molar-refractivity contribution in [2.24, 2.45) is 0 Å². The van der Waals surface area contributed by atoms with E-state index in [0.717, 1.165) is 38.8 Å². The maximum absolute atomic E-state index is 5.12. The summed E-state index contributed by atoms with van der Waals surface area (Å²) in [6.07, 6.45) is 14.6. The van der Waals surface area contributed by atoms with Crippen LogP contribution in [0.5, 0.6) is 0 Å². The summed E-state index contributed by atoms with van der Waals surface area (Å²) in [7, 11) is 0. The molecule has 0 atom stereocenters. The van der Waals surface area contributed by atoms with Crippen LogP contribution < -0.4 is 10.6 Å². The van der Waals surface area contributed by atoms with Crippen molar-refractivity contribution in [3.05, 3.63) is 69.0 Å². The van der Waals surface area contributed by atoms with Gasteiger partial charge < -0.3 is 10.6 Å². The summed E-state index contributed by atoms with van der Waals surface area (Å²) >= 11 is 0. The summed E-state index contributed by atoms with van der Waals surface area (Å²) in [5, 5.41) is 10.4. The van der Waals surface area contributed by atoms with Crippen LogP contribution in [0.25, 0.3) is 21.8 Å². The van der Waals surface area contributed by atoms with Gasteiger partial charge in [-0.15, -0.1) is 0 Å². The molecule has 0 fully saturated rings. The molecular formula is C36H46N4. The molecule has 0 aliphatic heterocycles. The van der Waals surface area contributed by atoms with Crippen molar-refractivity contribution in [2.75, 3.05) is 23.7 Å². The molecule has 2 aliphatic rings. The average Bonchev–Trinajstić information content (AvgIpc) is 2.94. The average molecular weight is 535 g/mol. The van der Waals surface area contributed by atoms with Crippen LogP contribution in [0, 0.1) is 27.7 Å². The second-order valence-electron chi connectivity index (χ2n) is 12.5. The van der Waals surface area contributed by atoms with Crippen molar-refractivity contribution in [3.63, 3.8) is 0 Å². The predicted molar refractivity (Wildman–Crippen MR) is 171 cm³/mol. The number of aryl methyl sites for hydroxylation is 6. The third kappa shape index (κ3) is 5.42. The Labute approximate surface area is 240 Å². The molecule has 210 valence electrons. The van der Waals surface area contributed by atoms with Crippen LogP contribution >= 0.6 is 0 Å². The quantitative estimate of drug-likeness (QED) is 0.211. The Hall–Kier alpha value is -3.14. The van der Waals surface area contributed by atoms with Crippen LogP contribution in [0.2, 0.25) is 0 Å². The number of unbranched alkanes of at least 4 members (excludes halogenated alkanes) is 3. The number of fused-ring (bicyclic) bond motifs is 4. The van der Waals surface area contributed by atoms with E-state index < -0.39 is 0 Å². The molecule has 0 amide bonds. The highest BCUT2D eigenvalue weighted by atomic mass is 14.9. The van der Waals surface area contributed by atoms with Crippen LogP contribution in [-0.4, -0.2) is 23.1 Å². The van der Waals surface area contributed by atoms with E-state index in [4.69, 9.17) is 9.97 Å². The number of aromatic nitrogens is 2. The number of nitrogens with one attached hydrogen (secondary N) is 2.